The lowest BCUT2D eigenvalue weighted by Crippen LogP contribution is -2.14. The van der Waals surface area contributed by atoms with Crippen molar-refractivity contribution in [2.24, 2.45) is 0 Å². The SMILES string of the molecule is CCOc1ccc2ccccc2c1C(=O)Nc1ccc(-c2csc(-c3ccccc3)n2)cc1. The van der Waals surface area contributed by atoms with Gasteiger partial charge in [-0.2, -0.15) is 0 Å². The Bertz CT molecular complexity index is 1410. The molecule has 0 bridgehead atoms. The van der Waals surface area contributed by atoms with Gasteiger partial charge in [0.2, 0.25) is 0 Å². The van der Waals surface area contributed by atoms with Gasteiger partial charge in [0.1, 0.15) is 10.8 Å². The summed E-state index contributed by atoms with van der Waals surface area (Å²) in [6.45, 7) is 2.41. The molecule has 0 saturated heterocycles. The molecule has 1 heterocycles. The highest BCUT2D eigenvalue weighted by atomic mass is 32.1. The van der Waals surface area contributed by atoms with E-state index in [1.807, 2.05) is 85.8 Å². The molecule has 5 rings (SSSR count). The van der Waals surface area contributed by atoms with E-state index in [4.69, 9.17) is 9.72 Å². The Labute approximate surface area is 196 Å². The molecule has 0 unspecified atom stereocenters. The highest BCUT2D eigenvalue weighted by Gasteiger charge is 2.17. The van der Waals surface area contributed by atoms with Crippen LogP contribution in [-0.2, 0) is 0 Å². The summed E-state index contributed by atoms with van der Waals surface area (Å²) in [6, 6.07) is 29.6. The van der Waals surface area contributed by atoms with E-state index >= 15 is 0 Å². The van der Waals surface area contributed by atoms with Gasteiger partial charge in [0.05, 0.1) is 17.9 Å². The Morgan fingerprint density at radius 2 is 1.64 bits per heavy atom. The Morgan fingerprint density at radius 1 is 0.879 bits per heavy atom. The topological polar surface area (TPSA) is 51.2 Å². The molecule has 0 aliphatic rings. The van der Waals surface area contributed by atoms with Crippen LogP contribution in [0, 0.1) is 0 Å². The van der Waals surface area contributed by atoms with Crippen LogP contribution in [0.25, 0.3) is 32.6 Å². The van der Waals surface area contributed by atoms with Gasteiger partial charge in [-0.3, -0.25) is 4.79 Å². The van der Waals surface area contributed by atoms with Crippen LogP contribution in [0.4, 0.5) is 5.69 Å². The second-order valence-electron chi connectivity index (χ2n) is 7.53. The van der Waals surface area contributed by atoms with Crippen molar-refractivity contribution in [1.82, 2.24) is 4.98 Å². The molecule has 33 heavy (non-hydrogen) atoms. The highest BCUT2D eigenvalue weighted by Crippen LogP contribution is 2.31. The molecular formula is C28H22N2O2S. The summed E-state index contributed by atoms with van der Waals surface area (Å²) in [6.07, 6.45) is 0. The van der Waals surface area contributed by atoms with E-state index in [-0.39, 0.29) is 5.91 Å². The minimum Gasteiger partial charge on any atom is -0.493 e. The summed E-state index contributed by atoms with van der Waals surface area (Å²) in [4.78, 5) is 18.0. The lowest BCUT2D eigenvalue weighted by atomic mass is 10.0. The summed E-state index contributed by atoms with van der Waals surface area (Å²) >= 11 is 1.62. The Balaban J connectivity index is 1.39. The molecule has 0 atom stereocenters. The number of benzene rings is 4. The maximum absolute atomic E-state index is 13.2. The number of aromatic nitrogens is 1. The number of carbonyl (C=O) groups excluding carboxylic acids is 1. The molecule has 0 spiro atoms. The smallest absolute Gasteiger partial charge is 0.260 e. The van der Waals surface area contributed by atoms with Crippen LogP contribution in [0.1, 0.15) is 17.3 Å². The van der Waals surface area contributed by atoms with Gasteiger partial charge in [0.15, 0.2) is 0 Å². The monoisotopic (exact) mass is 450 g/mol. The maximum Gasteiger partial charge on any atom is 0.260 e. The standard InChI is InChI=1S/C28H22N2O2S/c1-2-32-25-17-14-19-8-6-7-11-23(19)26(25)27(31)29-22-15-12-20(13-16-22)24-18-33-28(30-24)21-9-4-3-5-10-21/h3-18H,2H2,1H3,(H,29,31). The normalized spacial score (nSPS) is 10.8. The number of carbonyl (C=O) groups is 1. The van der Waals surface area contributed by atoms with E-state index in [1.165, 1.54) is 0 Å². The summed E-state index contributed by atoms with van der Waals surface area (Å²) in [7, 11) is 0. The summed E-state index contributed by atoms with van der Waals surface area (Å²) in [5.41, 5.74) is 4.30. The molecule has 162 valence electrons. The first-order chi connectivity index (χ1) is 16.2. The minimum atomic E-state index is -0.192. The highest BCUT2D eigenvalue weighted by molar-refractivity contribution is 7.13. The lowest BCUT2D eigenvalue weighted by molar-refractivity contribution is 0.102. The fraction of sp³-hybridized carbons (Fsp3) is 0.0714. The average Bonchev–Trinajstić information content (AvgIpc) is 3.35. The zero-order valence-corrected chi connectivity index (χ0v) is 18.9. The van der Waals surface area contributed by atoms with Gasteiger partial charge in [0.25, 0.3) is 5.91 Å². The van der Waals surface area contributed by atoms with Crippen molar-refractivity contribution in [3.8, 4) is 27.6 Å². The Kier molecular flexibility index (Phi) is 5.87. The van der Waals surface area contributed by atoms with Crippen LogP contribution in [0.2, 0.25) is 0 Å². The molecule has 1 amide bonds. The second-order valence-corrected chi connectivity index (χ2v) is 8.39. The third-order valence-corrected chi connectivity index (χ3v) is 6.27. The first-order valence-electron chi connectivity index (χ1n) is 10.8. The Hall–Kier alpha value is -3.96. The third-order valence-electron chi connectivity index (χ3n) is 5.38. The molecule has 4 nitrogen and oxygen atoms in total. The van der Waals surface area contributed by atoms with Crippen molar-refractivity contribution >= 4 is 33.7 Å². The van der Waals surface area contributed by atoms with E-state index in [2.05, 4.69) is 22.8 Å². The number of anilines is 1. The number of hydrogen-bond acceptors (Lipinski definition) is 4. The molecule has 0 fully saturated rings. The average molecular weight is 451 g/mol. The number of amides is 1. The van der Waals surface area contributed by atoms with Crippen molar-refractivity contribution in [3.05, 3.63) is 102 Å². The van der Waals surface area contributed by atoms with Crippen LogP contribution in [0.15, 0.2) is 96.4 Å². The summed E-state index contributed by atoms with van der Waals surface area (Å²) < 4.78 is 5.75. The number of rotatable bonds is 6. The zero-order chi connectivity index (χ0) is 22.6. The first kappa shape index (κ1) is 20.9. The molecule has 1 N–H and O–H groups in total. The molecule has 5 aromatic rings. The quantitative estimate of drug-likeness (QED) is 0.296. The molecule has 0 aliphatic heterocycles. The number of thiazole rings is 1. The van der Waals surface area contributed by atoms with E-state index < -0.39 is 0 Å². The number of nitrogens with one attached hydrogen (secondary N) is 1. The molecular weight excluding hydrogens is 428 g/mol. The Morgan fingerprint density at radius 3 is 2.42 bits per heavy atom. The van der Waals surface area contributed by atoms with Gasteiger partial charge in [-0.15, -0.1) is 11.3 Å². The maximum atomic E-state index is 13.2. The van der Waals surface area contributed by atoms with Crippen LogP contribution < -0.4 is 10.1 Å². The van der Waals surface area contributed by atoms with Crippen molar-refractivity contribution in [3.63, 3.8) is 0 Å². The molecule has 0 saturated carbocycles. The van der Waals surface area contributed by atoms with Crippen LogP contribution in [0.5, 0.6) is 5.75 Å². The minimum absolute atomic E-state index is 0.192. The predicted octanol–water partition coefficient (Wildman–Crippen LogP) is 7.28. The first-order valence-corrected chi connectivity index (χ1v) is 11.7. The van der Waals surface area contributed by atoms with E-state index in [0.717, 1.165) is 38.3 Å². The van der Waals surface area contributed by atoms with Crippen molar-refractivity contribution < 1.29 is 9.53 Å². The van der Waals surface area contributed by atoms with Gasteiger partial charge in [-0.05, 0) is 35.9 Å². The van der Waals surface area contributed by atoms with Crippen molar-refractivity contribution in [1.29, 1.82) is 0 Å². The third kappa shape index (κ3) is 4.36. The second kappa shape index (κ2) is 9.27. The number of fused-ring (bicyclic) bond motifs is 1. The summed E-state index contributed by atoms with van der Waals surface area (Å²) in [5, 5.41) is 7.93. The fourth-order valence-electron chi connectivity index (χ4n) is 3.80. The lowest BCUT2D eigenvalue weighted by Gasteiger charge is -2.14. The number of ether oxygens (including phenoxy) is 1. The molecule has 4 aromatic carbocycles. The van der Waals surface area contributed by atoms with Gasteiger partial charge >= 0.3 is 0 Å². The number of hydrogen-bond donors (Lipinski definition) is 1. The van der Waals surface area contributed by atoms with Gasteiger partial charge < -0.3 is 10.1 Å². The molecule has 5 heteroatoms. The van der Waals surface area contributed by atoms with Crippen LogP contribution in [0.3, 0.4) is 0 Å². The number of nitrogens with zero attached hydrogens (tertiary/aromatic N) is 1. The zero-order valence-electron chi connectivity index (χ0n) is 18.1. The van der Waals surface area contributed by atoms with Crippen LogP contribution >= 0.6 is 11.3 Å². The molecule has 0 radical (unpaired) electrons. The van der Waals surface area contributed by atoms with E-state index in [9.17, 15) is 4.79 Å². The van der Waals surface area contributed by atoms with E-state index in [1.54, 1.807) is 11.3 Å². The van der Waals surface area contributed by atoms with Crippen molar-refractivity contribution in [2.45, 2.75) is 6.92 Å². The largest absolute Gasteiger partial charge is 0.493 e. The van der Waals surface area contributed by atoms with Gasteiger partial charge in [0, 0.05) is 22.2 Å². The van der Waals surface area contributed by atoms with Crippen molar-refractivity contribution in [2.75, 3.05) is 11.9 Å². The molecule has 0 aliphatic carbocycles. The summed E-state index contributed by atoms with van der Waals surface area (Å²) in [5.74, 6) is 0.393. The fourth-order valence-corrected chi connectivity index (χ4v) is 4.63. The van der Waals surface area contributed by atoms with Gasteiger partial charge in [-0.1, -0.05) is 72.8 Å². The van der Waals surface area contributed by atoms with E-state index in [0.29, 0.717) is 17.9 Å². The predicted molar refractivity (Wildman–Crippen MR) is 136 cm³/mol. The van der Waals surface area contributed by atoms with Gasteiger partial charge in [-0.25, -0.2) is 4.98 Å². The molecule has 1 aromatic heterocycles. The van der Waals surface area contributed by atoms with Crippen LogP contribution in [-0.4, -0.2) is 17.5 Å².